The van der Waals surface area contributed by atoms with Crippen molar-refractivity contribution in [3.05, 3.63) is 71.4 Å². The Labute approximate surface area is 192 Å². The molecule has 2 aromatic carbocycles. The molecule has 0 spiro atoms. The van der Waals surface area contributed by atoms with Crippen molar-refractivity contribution in [2.24, 2.45) is 5.92 Å². The van der Waals surface area contributed by atoms with Crippen molar-refractivity contribution in [1.82, 2.24) is 15.0 Å². The van der Waals surface area contributed by atoms with Crippen molar-refractivity contribution >= 4 is 27.9 Å². The first-order valence-electron chi connectivity index (χ1n) is 11.7. The Hall–Kier alpha value is -3.28. The van der Waals surface area contributed by atoms with Crippen molar-refractivity contribution in [3.63, 3.8) is 0 Å². The average Bonchev–Trinajstić information content (AvgIpc) is 3.27. The number of nitrogens with one attached hydrogen (secondary N) is 1. The number of carbonyl (C=O) groups excluding carboxylic acids is 1. The van der Waals surface area contributed by atoms with Crippen LogP contribution < -0.4 is 0 Å². The molecule has 4 aromatic rings. The number of carbonyl (C=O) groups is 1. The van der Waals surface area contributed by atoms with Gasteiger partial charge in [0.25, 0.3) is 0 Å². The Morgan fingerprint density at radius 2 is 1.91 bits per heavy atom. The van der Waals surface area contributed by atoms with Crippen LogP contribution in [0, 0.1) is 11.7 Å². The molecule has 0 radical (unpaired) electrons. The summed E-state index contributed by atoms with van der Waals surface area (Å²) in [5.74, 6) is 1.67. The van der Waals surface area contributed by atoms with Crippen LogP contribution in [0.1, 0.15) is 73.1 Å². The van der Waals surface area contributed by atoms with E-state index in [1.807, 2.05) is 18.3 Å². The van der Waals surface area contributed by atoms with E-state index < -0.39 is 0 Å². The van der Waals surface area contributed by atoms with Gasteiger partial charge >= 0.3 is 5.97 Å². The van der Waals surface area contributed by atoms with Crippen LogP contribution in [-0.4, -0.2) is 27.5 Å². The molecule has 0 saturated heterocycles. The van der Waals surface area contributed by atoms with Crippen molar-refractivity contribution in [1.29, 1.82) is 0 Å². The molecule has 1 saturated carbocycles. The zero-order chi connectivity index (χ0) is 22.9. The predicted molar refractivity (Wildman–Crippen MR) is 127 cm³/mol. The third-order valence-corrected chi connectivity index (χ3v) is 7.10. The molecule has 2 aromatic heterocycles. The minimum Gasteiger partial charge on any atom is -0.462 e. The number of hydrogen-bond acceptors (Lipinski definition) is 4. The van der Waals surface area contributed by atoms with Crippen LogP contribution in [0.5, 0.6) is 0 Å². The minimum absolute atomic E-state index is 0.213. The van der Waals surface area contributed by atoms with Gasteiger partial charge in [0.05, 0.1) is 28.7 Å². The van der Waals surface area contributed by atoms with Crippen LogP contribution in [0.3, 0.4) is 0 Å². The number of esters is 1. The Morgan fingerprint density at radius 1 is 1.12 bits per heavy atom. The van der Waals surface area contributed by atoms with Crippen LogP contribution in [0.2, 0.25) is 0 Å². The maximum atomic E-state index is 13.9. The number of aromatic nitrogens is 3. The van der Waals surface area contributed by atoms with Gasteiger partial charge < -0.3 is 9.72 Å². The lowest BCUT2D eigenvalue weighted by molar-refractivity contribution is 0.0526. The van der Waals surface area contributed by atoms with E-state index in [9.17, 15) is 9.18 Å². The monoisotopic (exact) mass is 445 g/mol. The van der Waals surface area contributed by atoms with Crippen molar-refractivity contribution < 1.29 is 13.9 Å². The number of H-pyrrole nitrogens is 1. The fourth-order valence-corrected chi connectivity index (χ4v) is 5.24. The van der Waals surface area contributed by atoms with Gasteiger partial charge in [-0.15, -0.1) is 0 Å². The number of aromatic amines is 1. The lowest BCUT2D eigenvalue weighted by Crippen LogP contribution is -2.19. The number of benzene rings is 2. The molecule has 170 valence electrons. The molecular weight excluding hydrogens is 417 g/mol. The molecule has 1 atom stereocenters. The normalized spacial score (nSPS) is 19.6. The molecule has 1 aliphatic carbocycles. The van der Waals surface area contributed by atoms with E-state index in [1.54, 1.807) is 25.1 Å². The SMILES string of the molecule is CCOC(=O)c1ccc2nc(C(C)C3CCC(c4ccnc5ccc(F)cc45)CC3)[nH]c2c1. The van der Waals surface area contributed by atoms with E-state index >= 15 is 0 Å². The molecule has 33 heavy (non-hydrogen) atoms. The van der Waals surface area contributed by atoms with E-state index in [-0.39, 0.29) is 17.7 Å². The van der Waals surface area contributed by atoms with Crippen LogP contribution in [0.25, 0.3) is 21.9 Å². The third-order valence-electron chi connectivity index (χ3n) is 7.10. The smallest absolute Gasteiger partial charge is 0.338 e. The number of rotatable bonds is 5. The van der Waals surface area contributed by atoms with Gasteiger partial charge in [0.15, 0.2) is 0 Å². The molecule has 0 bridgehead atoms. The van der Waals surface area contributed by atoms with Crippen molar-refractivity contribution in [2.45, 2.75) is 51.4 Å². The fraction of sp³-hybridized carbons (Fsp3) is 0.370. The second kappa shape index (κ2) is 8.93. The molecule has 5 rings (SSSR count). The van der Waals surface area contributed by atoms with E-state index in [0.717, 1.165) is 53.4 Å². The molecular formula is C27H28FN3O2. The van der Waals surface area contributed by atoms with Gasteiger partial charge in [-0.3, -0.25) is 4.98 Å². The second-order valence-electron chi connectivity index (χ2n) is 9.04. The molecule has 0 amide bonds. The highest BCUT2D eigenvalue weighted by atomic mass is 19.1. The Kier molecular flexibility index (Phi) is 5.83. The van der Waals surface area contributed by atoms with E-state index in [2.05, 4.69) is 23.0 Å². The quantitative estimate of drug-likeness (QED) is 0.356. The molecule has 5 nitrogen and oxygen atoms in total. The Morgan fingerprint density at radius 3 is 2.70 bits per heavy atom. The summed E-state index contributed by atoms with van der Waals surface area (Å²) in [5, 5.41) is 0.934. The maximum Gasteiger partial charge on any atom is 0.338 e. The van der Waals surface area contributed by atoms with Crippen LogP contribution in [0.4, 0.5) is 4.39 Å². The van der Waals surface area contributed by atoms with Gasteiger partial charge in [-0.25, -0.2) is 14.2 Å². The Balaban J connectivity index is 1.31. The topological polar surface area (TPSA) is 67.9 Å². The lowest BCUT2D eigenvalue weighted by Gasteiger charge is -2.32. The van der Waals surface area contributed by atoms with E-state index in [4.69, 9.17) is 9.72 Å². The van der Waals surface area contributed by atoms with Crippen LogP contribution >= 0.6 is 0 Å². The first-order chi connectivity index (χ1) is 16.0. The van der Waals surface area contributed by atoms with Gasteiger partial charge in [-0.1, -0.05) is 6.92 Å². The second-order valence-corrected chi connectivity index (χ2v) is 9.04. The number of halogens is 1. The number of nitrogens with zero attached hydrogens (tertiary/aromatic N) is 2. The highest BCUT2D eigenvalue weighted by Crippen LogP contribution is 2.43. The molecule has 1 unspecified atom stereocenters. The summed E-state index contributed by atoms with van der Waals surface area (Å²) in [7, 11) is 0. The molecule has 6 heteroatoms. The number of fused-ring (bicyclic) bond motifs is 2. The maximum absolute atomic E-state index is 13.9. The lowest BCUT2D eigenvalue weighted by atomic mass is 9.73. The van der Waals surface area contributed by atoms with Gasteiger partial charge in [0.2, 0.25) is 0 Å². The van der Waals surface area contributed by atoms with Crippen molar-refractivity contribution in [2.75, 3.05) is 6.61 Å². The predicted octanol–water partition coefficient (Wildman–Crippen LogP) is 6.50. The van der Waals surface area contributed by atoms with Crippen molar-refractivity contribution in [3.8, 4) is 0 Å². The Bertz CT molecular complexity index is 1310. The van der Waals surface area contributed by atoms with Crippen LogP contribution in [0.15, 0.2) is 48.7 Å². The summed E-state index contributed by atoms with van der Waals surface area (Å²) in [6.07, 6.45) is 6.16. The third kappa shape index (κ3) is 4.22. The largest absolute Gasteiger partial charge is 0.462 e. The first-order valence-corrected chi connectivity index (χ1v) is 11.7. The standard InChI is InChI=1S/C27H28FN3O2/c1-3-33-27(32)19-8-10-24-25(14-19)31-26(30-24)16(2)17-4-6-18(7-5-17)21-12-13-29-23-11-9-20(28)15-22(21)23/h8-18H,3-7H2,1-2H3,(H,30,31). The first kappa shape index (κ1) is 21.6. The summed E-state index contributed by atoms with van der Waals surface area (Å²) in [4.78, 5) is 24.7. The average molecular weight is 446 g/mol. The minimum atomic E-state index is -0.314. The highest BCUT2D eigenvalue weighted by Gasteiger charge is 2.29. The summed E-state index contributed by atoms with van der Waals surface area (Å²) in [6.45, 7) is 4.39. The summed E-state index contributed by atoms with van der Waals surface area (Å²) in [5.41, 5.74) is 4.33. The van der Waals surface area contributed by atoms with E-state index in [0.29, 0.717) is 24.0 Å². The van der Waals surface area contributed by atoms with Crippen LogP contribution in [-0.2, 0) is 4.74 Å². The number of pyridine rings is 1. The summed E-state index contributed by atoms with van der Waals surface area (Å²) < 4.78 is 19.0. The number of ether oxygens (including phenoxy) is 1. The number of hydrogen-bond donors (Lipinski definition) is 1. The molecule has 1 fully saturated rings. The zero-order valence-corrected chi connectivity index (χ0v) is 19.0. The van der Waals surface area contributed by atoms with Gasteiger partial charge in [0, 0.05) is 17.5 Å². The molecule has 0 aliphatic heterocycles. The summed E-state index contributed by atoms with van der Waals surface area (Å²) in [6, 6.07) is 12.4. The van der Waals surface area contributed by atoms with Gasteiger partial charge in [-0.05, 0) is 92.5 Å². The van der Waals surface area contributed by atoms with Gasteiger partial charge in [0.1, 0.15) is 11.6 Å². The fourth-order valence-electron chi connectivity index (χ4n) is 5.24. The number of imidazole rings is 1. The molecule has 1 N–H and O–H groups in total. The highest BCUT2D eigenvalue weighted by molar-refractivity contribution is 5.93. The van der Waals surface area contributed by atoms with E-state index in [1.165, 1.54) is 11.6 Å². The molecule has 1 aliphatic rings. The summed E-state index contributed by atoms with van der Waals surface area (Å²) >= 11 is 0. The molecule has 2 heterocycles. The zero-order valence-electron chi connectivity index (χ0n) is 19.0. The van der Waals surface area contributed by atoms with Gasteiger partial charge in [-0.2, -0.15) is 0 Å².